The van der Waals surface area contributed by atoms with Crippen LogP contribution in [0.4, 0.5) is 0 Å². The number of aliphatic hydroxyl groups is 1. The third-order valence-corrected chi connectivity index (χ3v) is 3.16. The second-order valence-corrected chi connectivity index (χ2v) is 4.83. The van der Waals surface area contributed by atoms with E-state index in [0.29, 0.717) is 19.4 Å². The summed E-state index contributed by atoms with van der Waals surface area (Å²) in [7, 11) is 0. The molecule has 1 heterocycles. The largest absolute Gasteiger partial charge is 0.389 e. The van der Waals surface area contributed by atoms with Crippen LogP contribution >= 0.6 is 0 Å². The van der Waals surface area contributed by atoms with Gasteiger partial charge < -0.3 is 20.9 Å². The smallest absolute Gasteiger partial charge is 0.220 e. The summed E-state index contributed by atoms with van der Waals surface area (Å²) >= 11 is 0. The van der Waals surface area contributed by atoms with E-state index in [9.17, 15) is 14.7 Å². The highest BCUT2D eigenvalue weighted by atomic mass is 16.5. The maximum atomic E-state index is 11.7. The SMILES string of the molecule is CC(CCC(=O)NC1C/C=C\COC[C@H]1O)C(N)=O. The van der Waals surface area contributed by atoms with Crippen LogP contribution in [0.3, 0.4) is 0 Å². The standard InChI is InChI=1S/C13H22N2O4/c1-9(13(14)18)5-6-12(17)15-10-4-2-3-7-19-8-11(10)16/h2-3,9-11,16H,4-8H2,1H3,(H2,14,18)(H,15,17)/b3-2-/t9?,10?,11-/m1/s1. The van der Waals surface area contributed by atoms with Crippen LogP contribution in [0.5, 0.6) is 0 Å². The Labute approximate surface area is 113 Å². The number of hydrogen-bond acceptors (Lipinski definition) is 4. The van der Waals surface area contributed by atoms with Crippen LogP contribution in [0.25, 0.3) is 0 Å². The van der Waals surface area contributed by atoms with E-state index in [0.717, 1.165) is 0 Å². The molecule has 6 nitrogen and oxygen atoms in total. The number of hydrogen-bond donors (Lipinski definition) is 3. The number of ether oxygens (including phenoxy) is 1. The second kappa shape index (κ2) is 7.91. The molecule has 3 atom stereocenters. The molecular formula is C13H22N2O4. The molecule has 1 aliphatic rings. The lowest BCUT2D eigenvalue weighted by Gasteiger charge is -2.24. The van der Waals surface area contributed by atoms with Gasteiger partial charge in [-0.05, 0) is 12.8 Å². The van der Waals surface area contributed by atoms with Gasteiger partial charge in [-0.2, -0.15) is 0 Å². The second-order valence-electron chi connectivity index (χ2n) is 4.83. The van der Waals surface area contributed by atoms with Crippen molar-refractivity contribution in [2.24, 2.45) is 11.7 Å². The lowest BCUT2D eigenvalue weighted by atomic mass is 10.0. The van der Waals surface area contributed by atoms with Gasteiger partial charge in [0.15, 0.2) is 0 Å². The molecule has 0 bridgehead atoms. The third kappa shape index (κ3) is 5.85. The molecule has 2 unspecified atom stereocenters. The summed E-state index contributed by atoms with van der Waals surface area (Å²) in [5, 5.41) is 12.6. The van der Waals surface area contributed by atoms with Crippen molar-refractivity contribution < 1.29 is 19.4 Å². The topological polar surface area (TPSA) is 102 Å². The van der Waals surface area contributed by atoms with Crippen molar-refractivity contribution in [1.29, 1.82) is 0 Å². The first-order valence-electron chi connectivity index (χ1n) is 6.50. The van der Waals surface area contributed by atoms with Gasteiger partial charge in [-0.3, -0.25) is 9.59 Å². The van der Waals surface area contributed by atoms with Crippen molar-refractivity contribution in [2.45, 2.75) is 38.3 Å². The quantitative estimate of drug-likeness (QED) is 0.597. The number of primary amides is 1. The summed E-state index contributed by atoms with van der Waals surface area (Å²) in [5.74, 6) is -0.919. The van der Waals surface area contributed by atoms with E-state index in [-0.39, 0.29) is 30.9 Å². The van der Waals surface area contributed by atoms with E-state index in [1.807, 2.05) is 12.2 Å². The average molecular weight is 270 g/mol. The maximum absolute atomic E-state index is 11.7. The predicted octanol–water partition coefficient (Wildman–Crippen LogP) is -0.290. The summed E-state index contributed by atoms with van der Waals surface area (Å²) in [4.78, 5) is 22.6. The average Bonchev–Trinajstić information content (AvgIpc) is 2.35. The zero-order valence-corrected chi connectivity index (χ0v) is 11.2. The highest BCUT2D eigenvalue weighted by Crippen LogP contribution is 2.08. The van der Waals surface area contributed by atoms with Crippen LogP contribution in [-0.4, -0.2) is 42.3 Å². The Morgan fingerprint density at radius 2 is 2.26 bits per heavy atom. The van der Waals surface area contributed by atoms with E-state index in [1.54, 1.807) is 6.92 Å². The van der Waals surface area contributed by atoms with Gasteiger partial charge in [0.1, 0.15) is 0 Å². The molecule has 0 radical (unpaired) electrons. The summed E-state index contributed by atoms with van der Waals surface area (Å²) in [6.45, 7) is 2.37. The van der Waals surface area contributed by atoms with Crippen LogP contribution in [-0.2, 0) is 14.3 Å². The molecule has 1 rings (SSSR count). The highest BCUT2D eigenvalue weighted by Gasteiger charge is 2.21. The molecule has 0 spiro atoms. The van der Waals surface area contributed by atoms with Gasteiger partial charge in [-0.25, -0.2) is 0 Å². The zero-order valence-electron chi connectivity index (χ0n) is 11.2. The minimum absolute atomic E-state index is 0.189. The van der Waals surface area contributed by atoms with Gasteiger partial charge in [0.05, 0.1) is 25.4 Å². The molecule has 6 heteroatoms. The Bertz CT molecular complexity index is 344. The van der Waals surface area contributed by atoms with Gasteiger partial charge in [0.2, 0.25) is 11.8 Å². The van der Waals surface area contributed by atoms with E-state index < -0.39 is 12.0 Å². The number of amides is 2. The Hall–Kier alpha value is -1.40. The number of rotatable bonds is 5. The number of aliphatic hydroxyl groups excluding tert-OH is 1. The molecule has 0 saturated heterocycles. The predicted molar refractivity (Wildman–Crippen MR) is 70.1 cm³/mol. The van der Waals surface area contributed by atoms with E-state index in [2.05, 4.69) is 5.32 Å². The molecule has 0 aromatic carbocycles. The van der Waals surface area contributed by atoms with E-state index in [1.165, 1.54) is 0 Å². The molecule has 4 N–H and O–H groups in total. The van der Waals surface area contributed by atoms with Gasteiger partial charge in [-0.1, -0.05) is 19.1 Å². The molecule has 0 fully saturated rings. The van der Waals surface area contributed by atoms with Gasteiger partial charge in [-0.15, -0.1) is 0 Å². The first kappa shape index (κ1) is 15.7. The van der Waals surface area contributed by atoms with Gasteiger partial charge in [0, 0.05) is 12.3 Å². The van der Waals surface area contributed by atoms with Crippen molar-refractivity contribution in [1.82, 2.24) is 5.32 Å². The van der Waals surface area contributed by atoms with Crippen molar-refractivity contribution in [3.8, 4) is 0 Å². The minimum Gasteiger partial charge on any atom is -0.389 e. The number of carbonyl (C=O) groups is 2. The van der Waals surface area contributed by atoms with Gasteiger partial charge in [0.25, 0.3) is 0 Å². The normalized spacial score (nSPS) is 26.8. The molecule has 2 amide bonds. The zero-order chi connectivity index (χ0) is 14.3. The fourth-order valence-electron chi connectivity index (χ4n) is 1.76. The molecule has 108 valence electrons. The molecule has 0 aromatic heterocycles. The first-order chi connectivity index (χ1) is 9.00. The maximum Gasteiger partial charge on any atom is 0.220 e. The summed E-state index contributed by atoms with van der Waals surface area (Å²) in [6, 6.07) is -0.354. The van der Waals surface area contributed by atoms with Crippen LogP contribution in [0, 0.1) is 5.92 Å². The number of carbonyl (C=O) groups excluding carboxylic acids is 2. The number of nitrogens with one attached hydrogen (secondary N) is 1. The Balaban J connectivity index is 2.39. The first-order valence-corrected chi connectivity index (χ1v) is 6.50. The summed E-state index contributed by atoms with van der Waals surface area (Å²) in [5.41, 5.74) is 5.13. The fraction of sp³-hybridized carbons (Fsp3) is 0.692. The third-order valence-electron chi connectivity index (χ3n) is 3.16. The molecular weight excluding hydrogens is 248 g/mol. The lowest BCUT2D eigenvalue weighted by Crippen LogP contribution is -2.45. The van der Waals surface area contributed by atoms with E-state index >= 15 is 0 Å². The van der Waals surface area contributed by atoms with Crippen molar-refractivity contribution in [3.05, 3.63) is 12.2 Å². The van der Waals surface area contributed by atoms with Crippen LogP contribution in [0.15, 0.2) is 12.2 Å². The lowest BCUT2D eigenvalue weighted by molar-refractivity contribution is -0.124. The van der Waals surface area contributed by atoms with Crippen molar-refractivity contribution >= 4 is 11.8 Å². The Morgan fingerprint density at radius 1 is 1.53 bits per heavy atom. The molecule has 0 saturated carbocycles. The highest BCUT2D eigenvalue weighted by molar-refractivity contribution is 5.79. The monoisotopic (exact) mass is 270 g/mol. The molecule has 0 aliphatic carbocycles. The minimum atomic E-state index is -0.720. The molecule has 1 aliphatic heterocycles. The molecule has 0 aromatic rings. The van der Waals surface area contributed by atoms with Crippen molar-refractivity contribution in [3.63, 3.8) is 0 Å². The molecule has 19 heavy (non-hydrogen) atoms. The Kier molecular flexibility index (Phi) is 6.52. The van der Waals surface area contributed by atoms with Crippen molar-refractivity contribution in [2.75, 3.05) is 13.2 Å². The van der Waals surface area contributed by atoms with Gasteiger partial charge >= 0.3 is 0 Å². The Morgan fingerprint density at radius 3 is 2.95 bits per heavy atom. The fourth-order valence-corrected chi connectivity index (χ4v) is 1.76. The number of nitrogens with two attached hydrogens (primary N) is 1. The van der Waals surface area contributed by atoms with Crippen LogP contribution in [0.1, 0.15) is 26.2 Å². The van der Waals surface area contributed by atoms with E-state index in [4.69, 9.17) is 10.5 Å². The summed E-state index contributed by atoms with van der Waals surface area (Å²) in [6.07, 6.45) is 4.22. The van der Waals surface area contributed by atoms with Crippen LogP contribution in [0.2, 0.25) is 0 Å². The van der Waals surface area contributed by atoms with Crippen LogP contribution < -0.4 is 11.1 Å². The summed E-state index contributed by atoms with van der Waals surface area (Å²) < 4.78 is 5.18.